The molecule has 0 saturated carbocycles. The summed E-state index contributed by atoms with van der Waals surface area (Å²) in [5, 5.41) is 13.1. The molecule has 1 unspecified atom stereocenters. The lowest BCUT2D eigenvalue weighted by molar-refractivity contribution is -0.139. The monoisotopic (exact) mass is 302 g/mol. The Kier molecular flexibility index (Phi) is 3.50. The van der Waals surface area contributed by atoms with Gasteiger partial charge in [0.15, 0.2) is 11.5 Å². The van der Waals surface area contributed by atoms with Gasteiger partial charge in [-0.2, -0.15) is 5.10 Å². The topological polar surface area (TPSA) is 73.6 Å². The summed E-state index contributed by atoms with van der Waals surface area (Å²) in [5.74, 6) is -1.66. The van der Waals surface area contributed by atoms with Crippen molar-refractivity contribution >= 4 is 5.97 Å². The van der Waals surface area contributed by atoms with Gasteiger partial charge in [-0.1, -0.05) is 24.3 Å². The summed E-state index contributed by atoms with van der Waals surface area (Å²) in [5.41, 5.74) is 2.63. The van der Waals surface area contributed by atoms with E-state index in [-0.39, 0.29) is 11.8 Å². The highest BCUT2D eigenvalue weighted by molar-refractivity contribution is 5.87. The number of carboxylic acid groups (broad SMARTS) is 1. The minimum Gasteiger partial charge on any atom is -0.476 e. The average Bonchev–Trinajstić information content (AvgIpc) is 3.02. The van der Waals surface area contributed by atoms with Gasteiger partial charge in [-0.15, -0.1) is 0 Å². The molecule has 1 aliphatic rings. The molecular weight excluding hydrogens is 284 g/mol. The molecule has 1 atom stereocenters. The first-order valence-electron chi connectivity index (χ1n) is 7.06. The number of nitrogens with zero attached hydrogens (tertiary/aromatic N) is 2. The van der Waals surface area contributed by atoms with Gasteiger partial charge in [0.1, 0.15) is 6.10 Å². The molecule has 3 rings (SSSR count). The third-order valence-corrected chi connectivity index (χ3v) is 3.69. The van der Waals surface area contributed by atoms with Crippen molar-refractivity contribution in [3.8, 4) is 11.3 Å². The molecule has 1 aromatic carbocycles. The van der Waals surface area contributed by atoms with E-state index in [1.54, 1.807) is 17.8 Å². The molecule has 0 bridgehead atoms. The molecular formula is C16H18N2O4. The Hall–Kier alpha value is -2.18. The SMILES string of the molecule is Cn1nc(C(=O)O)cc1-c1ccccc1C1COC(C)(C)O1. The molecule has 22 heavy (non-hydrogen) atoms. The van der Waals surface area contributed by atoms with Gasteiger partial charge in [-0.3, -0.25) is 4.68 Å². The smallest absolute Gasteiger partial charge is 0.356 e. The first kappa shape index (κ1) is 14.7. The van der Waals surface area contributed by atoms with Crippen LogP contribution in [0.25, 0.3) is 11.3 Å². The van der Waals surface area contributed by atoms with Gasteiger partial charge in [-0.25, -0.2) is 4.79 Å². The van der Waals surface area contributed by atoms with Crippen LogP contribution in [0.3, 0.4) is 0 Å². The van der Waals surface area contributed by atoms with Gasteiger partial charge in [0.25, 0.3) is 0 Å². The van der Waals surface area contributed by atoms with Crippen molar-refractivity contribution in [3.63, 3.8) is 0 Å². The van der Waals surface area contributed by atoms with Crippen LogP contribution in [0, 0.1) is 0 Å². The number of carbonyl (C=O) groups is 1. The highest BCUT2D eigenvalue weighted by Crippen LogP contribution is 2.37. The van der Waals surface area contributed by atoms with Crippen LogP contribution in [-0.2, 0) is 16.5 Å². The number of hydrogen-bond donors (Lipinski definition) is 1. The van der Waals surface area contributed by atoms with Crippen LogP contribution in [0.15, 0.2) is 30.3 Å². The number of carboxylic acids is 1. The molecule has 116 valence electrons. The predicted molar refractivity (Wildman–Crippen MR) is 79.5 cm³/mol. The van der Waals surface area contributed by atoms with E-state index in [1.807, 2.05) is 38.1 Å². The Bertz CT molecular complexity index is 721. The Balaban J connectivity index is 2.04. The molecule has 1 saturated heterocycles. The zero-order chi connectivity index (χ0) is 15.9. The second kappa shape index (κ2) is 5.23. The van der Waals surface area contributed by atoms with E-state index < -0.39 is 11.8 Å². The molecule has 1 aliphatic heterocycles. The van der Waals surface area contributed by atoms with E-state index in [4.69, 9.17) is 14.6 Å². The van der Waals surface area contributed by atoms with Crippen LogP contribution in [0.2, 0.25) is 0 Å². The first-order chi connectivity index (χ1) is 10.4. The largest absolute Gasteiger partial charge is 0.476 e. The zero-order valence-electron chi connectivity index (χ0n) is 12.7. The summed E-state index contributed by atoms with van der Waals surface area (Å²) in [6, 6.07) is 9.32. The Morgan fingerprint density at radius 1 is 1.41 bits per heavy atom. The van der Waals surface area contributed by atoms with Crippen LogP contribution >= 0.6 is 0 Å². The molecule has 6 heteroatoms. The maximum Gasteiger partial charge on any atom is 0.356 e. The molecule has 2 aromatic rings. The number of aryl methyl sites for hydroxylation is 1. The Morgan fingerprint density at radius 3 is 2.73 bits per heavy atom. The number of ether oxygens (including phenoxy) is 2. The second-order valence-corrected chi connectivity index (χ2v) is 5.75. The lowest BCUT2D eigenvalue weighted by Gasteiger charge is -2.19. The van der Waals surface area contributed by atoms with Gasteiger partial charge in [0.2, 0.25) is 0 Å². The third kappa shape index (κ3) is 2.63. The lowest BCUT2D eigenvalue weighted by Crippen LogP contribution is -2.19. The van der Waals surface area contributed by atoms with Gasteiger partial charge < -0.3 is 14.6 Å². The number of aromatic nitrogens is 2. The number of benzene rings is 1. The van der Waals surface area contributed by atoms with E-state index in [9.17, 15) is 4.79 Å². The number of rotatable bonds is 3. The lowest BCUT2D eigenvalue weighted by atomic mass is 10.00. The molecule has 1 N–H and O–H groups in total. The fourth-order valence-electron chi connectivity index (χ4n) is 2.68. The van der Waals surface area contributed by atoms with Crippen LogP contribution in [0.1, 0.15) is 36.0 Å². The van der Waals surface area contributed by atoms with Crippen molar-refractivity contribution in [1.29, 1.82) is 0 Å². The molecule has 0 radical (unpaired) electrons. The summed E-state index contributed by atoms with van der Waals surface area (Å²) in [6.07, 6.45) is -0.186. The van der Waals surface area contributed by atoms with Gasteiger partial charge >= 0.3 is 5.97 Å². The highest BCUT2D eigenvalue weighted by atomic mass is 16.7. The zero-order valence-corrected chi connectivity index (χ0v) is 12.7. The summed E-state index contributed by atoms with van der Waals surface area (Å²) in [6.45, 7) is 4.22. The van der Waals surface area contributed by atoms with Crippen LogP contribution < -0.4 is 0 Å². The van der Waals surface area contributed by atoms with E-state index in [0.717, 1.165) is 16.8 Å². The van der Waals surface area contributed by atoms with E-state index in [0.29, 0.717) is 6.61 Å². The molecule has 2 heterocycles. The second-order valence-electron chi connectivity index (χ2n) is 5.75. The summed E-state index contributed by atoms with van der Waals surface area (Å²) in [4.78, 5) is 11.1. The van der Waals surface area contributed by atoms with Crippen LogP contribution in [0.5, 0.6) is 0 Å². The standard InChI is InChI=1S/C16H18N2O4/c1-16(2)21-9-14(22-16)11-7-5-4-6-10(11)13-8-12(15(19)20)17-18(13)3/h4-8,14H,9H2,1-3H3,(H,19,20). The molecule has 1 fully saturated rings. The fraction of sp³-hybridized carbons (Fsp3) is 0.375. The Labute approximate surface area is 128 Å². The van der Waals surface area contributed by atoms with Crippen molar-refractivity contribution in [3.05, 3.63) is 41.6 Å². The molecule has 1 aromatic heterocycles. The summed E-state index contributed by atoms with van der Waals surface area (Å²) >= 11 is 0. The minimum atomic E-state index is -1.04. The van der Waals surface area contributed by atoms with Crippen molar-refractivity contribution in [2.45, 2.75) is 25.7 Å². The average molecular weight is 302 g/mol. The number of hydrogen-bond acceptors (Lipinski definition) is 4. The van der Waals surface area contributed by atoms with Crippen molar-refractivity contribution < 1.29 is 19.4 Å². The third-order valence-electron chi connectivity index (χ3n) is 3.69. The van der Waals surface area contributed by atoms with Gasteiger partial charge in [0.05, 0.1) is 12.3 Å². The van der Waals surface area contributed by atoms with Crippen molar-refractivity contribution in [2.75, 3.05) is 6.61 Å². The normalized spacial score (nSPS) is 20.2. The van der Waals surface area contributed by atoms with Gasteiger partial charge in [0, 0.05) is 12.6 Å². The molecule has 0 aliphatic carbocycles. The van der Waals surface area contributed by atoms with E-state index >= 15 is 0 Å². The Morgan fingerprint density at radius 2 is 2.14 bits per heavy atom. The molecule has 0 amide bonds. The summed E-state index contributed by atoms with van der Waals surface area (Å²) < 4.78 is 13.1. The molecule has 6 nitrogen and oxygen atoms in total. The first-order valence-corrected chi connectivity index (χ1v) is 7.06. The number of aromatic carboxylic acids is 1. The molecule has 0 spiro atoms. The van der Waals surface area contributed by atoms with E-state index in [2.05, 4.69) is 5.10 Å². The maximum atomic E-state index is 11.1. The van der Waals surface area contributed by atoms with Crippen molar-refractivity contribution in [1.82, 2.24) is 9.78 Å². The van der Waals surface area contributed by atoms with Crippen molar-refractivity contribution in [2.24, 2.45) is 7.05 Å². The van der Waals surface area contributed by atoms with Gasteiger partial charge in [-0.05, 0) is 25.5 Å². The minimum absolute atomic E-state index is 0.0243. The maximum absolute atomic E-state index is 11.1. The summed E-state index contributed by atoms with van der Waals surface area (Å²) in [7, 11) is 1.73. The van der Waals surface area contributed by atoms with Crippen LogP contribution in [-0.4, -0.2) is 33.3 Å². The van der Waals surface area contributed by atoms with E-state index in [1.165, 1.54) is 0 Å². The highest BCUT2D eigenvalue weighted by Gasteiger charge is 2.35. The predicted octanol–water partition coefficient (Wildman–Crippen LogP) is 2.61. The fourth-order valence-corrected chi connectivity index (χ4v) is 2.68. The van der Waals surface area contributed by atoms with Crippen LogP contribution in [0.4, 0.5) is 0 Å². The quantitative estimate of drug-likeness (QED) is 0.943.